The van der Waals surface area contributed by atoms with E-state index in [2.05, 4.69) is 17.0 Å². The van der Waals surface area contributed by atoms with Crippen molar-refractivity contribution in [2.75, 3.05) is 20.8 Å². The molecule has 1 unspecified atom stereocenters. The molecule has 0 saturated heterocycles. The Labute approximate surface area is 135 Å². The third-order valence-electron chi connectivity index (χ3n) is 5.20. The first-order valence-corrected chi connectivity index (χ1v) is 8.09. The van der Waals surface area contributed by atoms with E-state index in [1.54, 1.807) is 14.2 Å². The van der Waals surface area contributed by atoms with Crippen LogP contribution in [0.25, 0.3) is 0 Å². The molecule has 5 nitrogen and oxygen atoms in total. The third-order valence-corrected chi connectivity index (χ3v) is 5.20. The predicted molar refractivity (Wildman–Crippen MR) is 84.5 cm³/mol. The number of carbonyl (C=O) groups is 1. The lowest BCUT2D eigenvalue weighted by Gasteiger charge is -2.43. The Hall–Kier alpha value is -2.17. The SMILES string of the molecule is COc1cc2c(cc1OC)C1CCC3=C([C@H](C)OC3=O)N1CC2. The second kappa shape index (κ2) is 5.18. The summed E-state index contributed by atoms with van der Waals surface area (Å²) >= 11 is 0. The van der Waals surface area contributed by atoms with Crippen molar-refractivity contribution in [3.63, 3.8) is 0 Å². The van der Waals surface area contributed by atoms with Crippen molar-refractivity contribution in [3.8, 4) is 11.5 Å². The Morgan fingerprint density at radius 1 is 1.17 bits per heavy atom. The van der Waals surface area contributed by atoms with E-state index in [1.165, 1.54) is 11.1 Å². The van der Waals surface area contributed by atoms with E-state index in [4.69, 9.17) is 14.2 Å². The number of rotatable bonds is 2. The molecule has 0 amide bonds. The number of hydrogen-bond acceptors (Lipinski definition) is 5. The normalized spacial score (nSPS) is 25.5. The summed E-state index contributed by atoms with van der Waals surface area (Å²) < 4.78 is 16.3. The van der Waals surface area contributed by atoms with Crippen molar-refractivity contribution in [1.82, 2.24) is 4.90 Å². The Balaban J connectivity index is 1.78. The van der Waals surface area contributed by atoms with Gasteiger partial charge in [0.15, 0.2) is 11.5 Å². The van der Waals surface area contributed by atoms with Gasteiger partial charge in [0.05, 0.1) is 31.5 Å². The fraction of sp³-hybridized carbons (Fsp3) is 0.500. The molecule has 0 N–H and O–H groups in total. The third kappa shape index (κ3) is 2.02. The minimum atomic E-state index is -0.137. The monoisotopic (exact) mass is 315 g/mol. The number of cyclic esters (lactones) is 1. The summed E-state index contributed by atoms with van der Waals surface area (Å²) in [6.45, 7) is 2.87. The smallest absolute Gasteiger partial charge is 0.336 e. The van der Waals surface area contributed by atoms with Gasteiger partial charge in [-0.2, -0.15) is 0 Å². The van der Waals surface area contributed by atoms with Crippen molar-refractivity contribution in [2.45, 2.75) is 38.3 Å². The van der Waals surface area contributed by atoms with E-state index >= 15 is 0 Å². The molecule has 0 spiro atoms. The number of esters is 1. The second-order valence-corrected chi connectivity index (χ2v) is 6.32. The van der Waals surface area contributed by atoms with Gasteiger partial charge < -0.3 is 19.1 Å². The van der Waals surface area contributed by atoms with Crippen LogP contribution in [0.4, 0.5) is 0 Å². The van der Waals surface area contributed by atoms with Crippen molar-refractivity contribution in [1.29, 1.82) is 0 Å². The van der Waals surface area contributed by atoms with Crippen LogP contribution in [0.15, 0.2) is 23.4 Å². The highest BCUT2D eigenvalue weighted by Gasteiger charge is 2.42. The van der Waals surface area contributed by atoms with Gasteiger partial charge in [-0.3, -0.25) is 0 Å². The lowest BCUT2D eigenvalue weighted by molar-refractivity contribution is -0.139. The Kier molecular flexibility index (Phi) is 3.25. The highest BCUT2D eigenvalue weighted by Crippen LogP contribution is 2.47. The van der Waals surface area contributed by atoms with E-state index in [0.29, 0.717) is 0 Å². The first-order chi connectivity index (χ1) is 11.1. The fourth-order valence-electron chi connectivity index (χ4n) is 4.18. The standard InChI is InChI=1S/C18H21NO4/c1-10-17-12(18(20)23-10)4-5-14-13-9-16(22-3)15(21-2)8-11(13)6-7-19(14)17/h8-10,14H,4-7H2,1-3H3/t10-,14?/m0/s1. The van der Waals surface area contributed by atoms with Gasteiger partial charge in [-0.05, 0) is 49.4 Å². The zero-order valence-electron chi connectivity index (χ0n) is 13.7. The van der Waals surface area contributed by atoms with Crippen LogP contribution in [0, 0.1) is 0 Å². The molecule has 3 heterocycles. The minimum absolute atomic E-state index is 0.135. The topological polar surface area (TPSA) is 48.0 Å². The molecular weight excluding hydrogens is 294 g/mol. The minimum Gasteiger partial charge on any atom is -0.493 e. The Bertz CT molecular complexity index is 709. The van der Waals surface area contributed by atoms with Crippen LogP contribution in [0.3, 0.4) is 0 Å². The molecule has 4 rings (SSSR count). The van der Waals surface area contributed by atoms with Gasteiger partial charge in [-0.1, -0.05) is 0 Å². The maximum Gasteiger partial charge on any atom is 0.336 e. The average molecular weight is 315 g/mol. The number of methoxy groups -OCH3 is 2. The molecule has 0 fully saturated rings. The van der Waals surface area contributed by atoms with Crippen LogP contribution in [0.2, 0.25) is 0 Å². The molecule has 1 aromatic rings. The summed E-state index contributed by atoms with van der Waals surface area (Å²) in [6.07, 6.45) is 2.52. The summed E-state index contributed by atoms with van der Waals surface area (Å²) in [6, 6.07) is 4.47. The van der Waals surface area contributed by atoms with Gasteiger partial charge >= 0.3 is 5.97 Å². The molecule has 0 radical (unpaired) electrons. The molecule has 3 aliphatic heterocycles. The van der Waals surface area contributed by atoms with Crippen molar-refractivity contribution >= 4 is 5.97 Å². The molecule has 0 bridgehead atoms. The van der Waals surface area contributed by atoms with E-state index in [9.17, 15) is 4.79 Å². The van der Waals surface area contributed by atoms with Gasteiger partial charge in [-0.25, -0.2) is 4.79 Å². The predicted octanol–water partition coefficient (Wildman–Crippen LogP) is 2.60. The van der Waals surface area contributed by atoms with Crippen LogP contribution in [0.1, 0.15) is 36.9 Å². The van der Waals surface area contributed by atoms with Crippen LogP contribution in [-0.4, -0.2) is 37.7 Å². The van der Waals surface area contributed by atoms with E-state index in [1.807, 2.05) is 6.92 Å². The van der Waals surface area contributed by atoms with Crippen LogP contribution < -0.4 is 9.47 Å². The Morgan fingerprint density at radius 2 is 1.91 bits per heavy atom. The van der Waals surface area contributed by atoms with Gasteiger partial charge in [0.25, 0.3) is 0 Å². The molecule has 1 aromatic carbocycles. The molecule has 0 aliphatic carbocycles. The summed E-state index contributed by atoms with van der Waals surface area (Å²) in [7, 11) is 3.33. The zero-order chi connectivity index (χ0) is 16.1. The molecule has 3 aliphatic rings. The van der Waals surface area contributed by atoms with E-state index in [0.717, 1.165) is 48.6 Å². The fourth-order valence-corrected chi connectivity index (χ4v) is 4.18. The summed E-state index contributed by atoms with van der Waals surface area (Å²) in [4.78, 5) is 14.3. The summed E-state index contributed by atoms with van der Waals surface area (Å²) in [5.74, 6) is 1.41. The number of ether oxygens (including phenoxy) is 3. The molecule has 0 saturated carbocycles. The summed E-state index contributed by atoms with van der Waals surface area (Å²) in [5, 5.41) is 0. The van der Waals surface area contributed by atoms with Crippen LogP contribution in [-0.2, 0) is 16.0 Å². The second-order valence-electron chi connectivity index (χ2n) is 6.32. The number of benzene rings is 1. The van der Waals surface area contributed by atoms with Crippen molar-refractivity contribution in [2.24, 2.45) is 0 Å². The highest BCUT2D eigenvalue weighted by atomic mass is 16.5. The zero-order valence-corrected chi connectivity index (χ0v) is 13.7. The highest BCUT2D eigenvalue weighted by molar-refractivity contribution is 5.92. The van der Waals surface area contributed by atoms with Crippen LogP contribution >= 0.6 is 0 Å². The van der Waals surface area contributed by atoms with Crippen LogP contribution in [0.5, 0.6) is 11.5 Å². The Morgan fingerprint density at radius 3 is 2.65 bits per heavy atom. The molecule has 23 heavy (non-hydrogen) atoms. The molecule has 0 aromatic heterocycles. The molecule has 122 valence electrons. The number of carbonyl (C=O) groups excluding carboxylic acids is 1. The van der Waals surface area contributed by atoms with E-state index in [-0.39, 0.29) is 18.1 Å². The molecular formula is C18H21NO4. The van der Waals surface area contributed by atoms with Gasteiger partial charge in [0.2, 0.25) is 0 Å². The lowest BCUT2D eigenvalue weighted by Crippen LogP contribution is -2.39. The maximum atomic E-state index is 12.0. The first-order valence-electron chi connectivity index (χ1n) is 8.09. The lowest BCUT2D eigenvalue weighted by atomic mass is 9.84. The number of fused-ring (bicyclic) bond motifs is 4. The number of nitrogens with zero attached hydrogens (tertiary/aromatic N) is 1. The van der Waals surface area contributed by atoms with Gasteiger partial charge in [-0.15, -0.1) is 0 Å². The first kappa shape index (κ1) is 14.4. The van der Waals surface area contributed by atoms with Gasteiger partial charge in [0.1, 0.15) is 6.10 Å². The maximum absolute atomic E-state index is 12.0. The summed E-state index contributed by atoms with van der Waals surface area (Å²) in [5.41, 5.74) is 4.56. The van der Waals surface area contributed by atoms with Crippen molar-refractivity contribution in [3.05, 3.63) is 34.5 Å². The molecule has 5 heteroatoms. The largest absolute Gasteiger partial charge is 0.493 e. The quantitative estimate of drug-likeness (QED) is 0.785. The average Bonchev–Trinajstić information content (AvgIpc) is 2.87. The van der Waals surface area contributed by atoms with E-state index < -0.39 is 0 Å². The molecule has 2 atom stereocenters. The van der Waals surface area contributed by atoms with Crippen molar-refractivity contribution < 1.29 is 19.0 Å². The van der Waals surface area contributed by atoms with Gasteiger partial charge in [0, 0.05) is 6.54 Å². The number of hydrogen-bond donors (Lipinski definition) is 0.